The lowest BCUT2D eigenvalue weighted by atomic mass is 9.72. The Kier molecular flexibility index (Phi) is 5.33. The SMILES string of the molecule is O=C(O)CCCNC(=O)C1(c2ccccc2)CCNCC1. The number of carboxylic acid groups (broad SMARTS) is 1. The molecular formula is C16H22N2O3. The maximum atomic E-state index is 12.7. The fraction of sp³-hybridized carbons (Fsp3) is 0.500. The van der Waals surface area contributed by atoms with Crippen molar-refractivity contribution in [3.8, 4) is 0 Å². The lowest BCUT2D eigenvalue weighted by molar-refractivity contribution is -0.137. The van der Waals surface area contributed by atoms with Crippen LogP contribution in [0.4, 0.5) is 0 Å². The summed E-state index contributed by atoms with van der Waals surface area (Å²) in [7, 11) is 0. The van der Waals surface area contributed by atoms with Gasteiger partial charge >= 0.3 is 5.97 Å². The van der Waals surface area contributed by atoms with Crippen LogP contribution in [-0.4, -0.2) is 36.6 Å². The molecule has 1 aromatic rings. The first-order chi connectivity index (χ1) is 10.1. The number of aliphatic carboxylic acids is 1. The number of benzene rings is 1. The van der Waals surface area contributed by atoms with Gasteiger partial charge in [0.05, 0.1) is 5.41 Å². The molecule has 1 aromatic carbocycles. The number of hydrogen-bond acceptors (Lipinski definition) is 3. The van der Waals surface area contributed by atoms with E-state index in [4.69, 9.17) is 5.11 Å². The van der Waals surface area contributed by atoms with Crippen LogP contribution in [0.25, 0.3) is 0 Å². The van der Waals surface area contributed by atoms with Crippen LogP contribution in [0.1, 0.15) is 31.2 Å². The molecule has 5 nitrogen and oxygen atoms in total. The summed E-state index contributed by atoms with van der Waals surface area (Å²) in [6.45, 7) is 2.04. The smallest absolute Gasteiger partial charge is 0.303 e. The minimum absolute atomic E-state index is 0.0144. The standard InChI is InChI=1S/C16H22N2O3/c19-14(20)7-4-10-18-15(21)16(8-11-17-12-9-16)13-5-2-1-3-6-13/h1-3,5-6,17H,4,7-12H2,(H,18,21)(H,19,20). The molecule has 0 aromatic heterocycles. The van der Waals surface area contributed by atoms with Gasteiger partial charge in [0.1, 0.15) is 0 Å². The van der Waals surface area contributed by atoms with Crippen molar-refractivity contribution in [2.24, 2.45) is 0 Å². The monoisotopic (exact) mass is 290 g/mol. The first kappa shape index (κ1) is 15.5. The van der Waals surface area contributed by atoms with Gasteiger partial charge in [0, 0.05) is 13.0 Å². The van der Waals surface area contributed by atoms with E-state index in [-0.39, 0.29) is 12.3 Å². The number of carbonyl (C=O) groups is 2. The van der Waals surface area contributed by atoms with E-state index in [2.05, 4.69) is 10.6 Å². The van der Waals surface area contributed by atoms with Crippen molar-refractivity contribution in [2.75, 3.05) is 19.6 Å². The van der Waals surface area contributed by atoms with Crippen molar-refractivity contribution in [3.05, 3.63) is 35.9 Å². The van der Waals surface area contributed by atoms with Gasteiger partial charge in [-0.3, -0.25) is 9.59 Å². The zero-order valence-electron chi connectivity index (χ0n) is 12.1. The predicted molar refractivity (Wildman–Crippen MR) is 80.1 cm³/mol. The molecule has 0 unspecified atom stereocenters. The van der Waals surface area contributed by atoms with Crippen LogP contribution in [0.2, 0.25) is 0 Å². The van der Waals surface area contributed by atoms with Gasteiger partial charge in [-0.1, -0.05) is 30.3 Å². The number of piperidine rings is 1. The summed E-state index contributed by atoms with van der Waals surface area (Å²) in [5, 5.41) is 14.8. The quantitative estimate of drug-likeness (QED) is 0.690. The topological polar surface area (TPSA) is 78.4 Å². The van der Waals surface area contributed by atoms with Gasteiger partial charge in [0.2, 0.25) is 5.91 Å². The normalized spacial score (nSPS) is 17.1. The third kappa shape index (κ3) is 3.82. The molecule has 21 heavy (non-hydrogen) atoms. The lowest BCUT2D eigenvalue weighted by Gasteiger charge is -2.36. The summed E-state index contributed by atoms with van der Waals surface area (Å²) in [4.78, 5) is 23.2. The van der Waals surface area contributed by atoms with Gasteiger partial charge in [-0.25, -0.2) is 0 Å². The molecule has 0 radical (unpaired) electrons. The summed E-state index contributed by atoms with van der Waals surface area (Å²) >= 11 is 0. The number of nitrogens with one attached hydrogen (secondary N) is 2. The Hall–Kier alpha value is -1.88. The van der Waals surface area contributed by atoms with Gasteiger partial charge in [-0.15, -0.1) is 0 Å². The minimum atomic E-state index is -0.830. The minimum Gasteiger partial charge on any atom is -0.481 e. The van der Waals surface area contributed by atoms with Gasteiger partial charge in [-0.05, 0) is 37.9 Å². The average molecular weight is 290 g/mol. The second-order valence-electron chi connectivity index (χ2n) is 5.45. The van der Waals surface area contributed by atoms with Crippen LogP contribution < -0.4 is 10.6 Å². The fourth-order valence-corrected chi connectivity index (χ4v) is 2.87. The van der Waals surface area contributed by atoms with Crippen LogP contribution in [0.15, 0.2) is 30.3 Å². The van der Waals surface area contributed by atoms with Gasteiger partial charge < -0.3 is 15.7 Å². The summed E-state index contributed by atoms with van der Waals surface area (Å²) in [5.74, 6) is -0.815. The lowest BCUT2D eigenvalue weighted by Crippen LogP contribution is -2.50. The second-order valence-corrected chi connectivity index (χ2v) is 5.45. The van der Waals surface area contributed by atoms with Crippen molar-refractivity contribution in [1.82, 2.24) is 10.6 Å². The molecule has 1 aliphatic heterocycles. The molecule has 0 atom stereocenters. The van der Waals surface area contributed by atoms with Crippen LogP contribution in [0.5, 0.6) is 0 Å². The molecule has 0 bridgehead atoms. The highest BCUT2D eigenvalue weighted by Gasteiger charge is 2.40. The zero-order valence-corrected chi connectivity index (χ0v) is 12.1. The molecule has 3 N–H and O–H groups in total. The molecule has 0 spiro atoms. The van der Waals surface area contributed by atoms with Gasteiger partial charge in [0.25, 0.3) is 0 Å². The van der Waals surface area contributed by atoms with E-state index < -0.39 is 11.4 Å². The number of carbonyl (C=O) groups excluding carboxylic acids is 1. The fourth-order valence-electron chi connectivity index (χ4n) is 2.87. The van der Waals surface area contributed by atoms with Gasteiger partial charge in [0.15, 0.2) is 0 Å². The van der Waals surface area contributed by atoms with Crippen molar-refractivity contribution in [2.45, 2.75) is 31.1 Å². The summed E-state index contributed by atoms with van der Waals surface area (Å²) in [6, 6.07) is 9.86. The number of carboxylic acids is 1. The number of hydrogen-bond donors (Lipinski definition) is 3. The average Bonchev–Trinajstić information content (AvgIpc) is 2.52. The molecule has 0 saturated carbocycles. The van der Waals surface area contributed by atoms with Crippen LogP contribution in [-0.2, 0) is 15.0 Å². The Morgan fingerprint density at radius 1 is 1.19 bits per heavy atom. The van der Waals surface area contributed by atoms with Crippen molar-refractivity contribution in [3.63, 3.8) is 0 Å². The first-order valence-electron chi connectivity index (χ1n) is 7.41. The van der Waals surface area contributed by atoms with E-state index >= 15 is 0 Å². The van der Waals surface area contributed by atoms with Crippen molar-refractivity contribution in [1.29, 1.82) is 0 Å². The molecule has 1 amide bonds. The molecular weight excluding hydrogens is 268 g/mol. The first-order valence-corrected chi connectivity index (χ1v) is 7.41. The maximum absolute atomic E-state index is 12.7. The molecule has 1 heterocycles. The molecule has 114 valence electrons. The van der Waals surface area contributed by atoms with E-state index in [1.165, 1.54) is 0 Å². The molecule has 1 saturated heterocycles. The van der Waals surface area contributed by atoms with E-state index in [0.717, 1.165) is 31.5 Å². The Morgan fingerprint density at radius 2 is 1.86 bits per heavy atom. The highest BCUT2D eigenvalue weighted by atomic mass is 16.4. The summed E-state index contributed by atoms with van der Waals surface area (Å²) < 4.78 is 0. The molecule has 1 fully saturated rings. The Balaban J connectivity index is 2.05. The van der Waals surface area contributed by atoms with Crippen LogP contribution >= 0.6 is 0 Å². The van der Waals surface area contributed by atoms with Crippen LogP contribution in [0.3, 0.4) is 0 Å². The predicted octanol–water partition coefficient (Wildman–Crippen LogP) is 1.29. The third-order valence-electron chi connectivity index (χ3n) is 4.07. The zero-order chi connectivity index (χ0) is 15.1. The van der Waals surface area contributed by atoms with E-state index in [1.54, 1.807) is 0 Å². The van der Waals surface area contributed by atoms with Crippen molar-refractivity contribution >= 4 is 11.9 Å². The Labute approximate surface area is 124 Å². The molecule has 0 aliphatic carbocycles. The highest BCUT2D eigenvalue weighted by molar-refractivity contribution is 5.88. The molecule has 1 aliphatic rings. The highest BCUT2D eigenvalue weighted by Crippen LogP contribution is 2.33. The van der Waals surface area contributed by atoms with E-state index in [0.29, 0.717) is 13.0 Å². The second kappa shape index (κ2) is 7.22. The van der Waals surface area contributed by atoms with Gasteiger partial charge in [-0.2, -0.15) is 0 Å². The molecule has 2 rings (SSSR count). The van der Waals surface area contributed by atoms with E-state index in [9.17, 15) is 9.59 Å². The summed E-state index contributed by atoms with van der Waals surface area (Å²) in [5.41, 5.74) is 0.553. The van der Waals surface area contributed by atoms with Crippen molar-refractivity contribution < 1.29 is 14.7 Å². The molecule has 5 heteroatoms. The Bertz CT molecular complexity index is 482. The van der Waals surface area contributed by atoms with Crippen LogP contribution in [0, 0.1) is 0 Å². The largest absolute Gasteiger partial charge is 0.481 e. The Morgan fingerprint density at radius 3 is 2.48 bits per heavy atom. The number of amides is 1. The number of rotatable bonds is 6. The maximum Gasteiger partial charge on any atom is 0.303 e. The van der Waals surface area contributed by atoms with E-state index in [1.807, 2.05) is 30.3 Å². The third-order valence-corrected chi connectivity index (χ3v) is 4.07. The summed E-state index contributed by atoms with van der Waals surface area (Å²) in [6.07, 6.45) is 2.08.